The topological polar surface area (TPSA) is 61.4 Å². The molecule has 0 aliphatic carbocycles. The molecular weight excluding hydrogens is 264 g/mol. The van der Waals surface area contributed by atoms with Gasteiger partial charge in [0.05, 0.1) is 6.61 Å². The number of hydrogen-bond acceptors (Lipinski definition) is 3. The summed E-state index contributed by atoms with van der Waals surface area (Å²) in [7, 11) is 0. The first kappa shape index (κ1) is 17.7. The van der Waals surface area contributed by atoms with Gasteiger partial charge in [-0.3, -0.25) is 4.79 Å². The van der Waals surface area contributed by atoms with Gasteiger partial charge in [-0.15, -0.1) is 0 Å². The maximum Gasteiger partial charge on any atom is 0.225 e. The van der Waals surface area contributed by atoms with Crippen molar-refractivity contribution in [2.24, 2.45) is 0 Å². The van der Waals surface area contributed by atoms with Gasteiger partial charge in [0, 0.05) is 23.7 Å². The van der Waals surface area contributed by atoms with Crippen LogP contribution in [0.4, 0.5) is 5.69 Å². The molecule has 1 rings (SSSR count). The highest BCUT2D eigenvalue weighted by Gasteiger charge is 2.23. The van der Waals surface area contributed by atoms with E-state index in [1.54, 1.807) is 0 Å². The van der Waals surface area contributed by atoms with Crippen molar-refractivity contribution in [1.82, 2.24) is 5.32 Å². The van der Waals surface area contributed by atoms with Crippen LogP contribution in [0, 0.1) is 13.8 Å². The Hall–Kier alpha value is -1.39. The highest BCUT2D eigenvalue weighted by molar-refractivity contribution is 5.91. The Labute approximate surface area is 128 Å². The molecule has 21 heavy (non-hydrogen) atoms. The van der Waals surface area contributed by atoms with Crippen molar-refractivity contribution in [3.8, 4) is 0 Å². The van der Waals surface area contributed by atoms with Gasteiger partial charge in [-0.1, -0.05) is 24.6 Å². The van der Waals surface area contributed by atoms with Gasteiger partial charge in [0.2, 0.25) is 5.91 Å². The summed E-state index contributed by atoms with van der Waals surface area (Å²) in [5.41, 5.74) is 2.78. The van der Waals surface area contributed by atoms with Gasteiger partial charge >= 0.3 is 0 Å². The maximum absolute atomic E-state index is 12.1. The lowest BCUT2D eigenvalue weighted by Crippen LogP contribution is -2.50. The van der Waals surface area contributed by atoms with Crippen LogP contribution in [-0.4, -0.2) is 29.2 Å². The average molecular weight is 292 g/mol. The number of carbonyl (C=O) groups is 1. The summed E-state index contributed by atoms with van der Waals surface area (Å²) >= 11 is 0. The van der Waals surface area contributed by atoms with E-state index in [0.717, 1.165) is 17.7 Å². The molecule has 0 saturated carbocycles. The van der Waals surface area contributed by atoms with Crippen LogP contribution < -0.4 is 10.6 Å². The van der Waals surface area contributed by atoms with Crippen LogP contribution >= 0.6 is 0 Å². The van der Waals surface area contributed by atoms with E-state index in [1.165, 1.54) is 5.56 Å². The molecule has 4 nitrogen and oxygen atoms in total. The second kappa shape index (κ2) is 7.57. The number of nitrogens with one attached hydrogen (secondary N) is 2. The van der Waals surface area contributed by atoms with Gasteiger partial charge in [0.25, 0.3) is 0 Å². The fourth-order valence-corrected chi connectivity index (χ4v) is 2.34. The van der Waals surface area contributed by atoms with Gasteiger partial charge in [-0.2, -0.15) is 0 Å². The van der Waals surface area contributed by atoms with Crippen molar-refractivity contribution in [2.75, 3.05) is 11.9 Å². The minimum Gasteiger partial charge on any atom is -0.394 e. The third kappa shape index (κ3) is 5.48. The summed E-state index contributed by atoms with van der Waals surface area (Å²) in [6.45, 7) is 10.0. The van der Waals surface area contributed by atoms with E-state index in [4.69, 9.17) is 0 Å². The van der Waals surface area contributed by atoms with E-state index in [0.29, 0.717) is 6.42 Å². The summed E-state index contributed by atoms with van der Waals surface area (Å²) in [5, 5.41) is 15.7. The molecule has 0 bridgehead atoms. The van der Waals surface area contributed by atoms with E-state index in [1.807, 2.05) is 46.8 Å². The highest BCUT2D eigenvalue weighted by Crippen LogP contribution is 2.17. The molecule has 0 spiro atoms. The Bertz CT molecular complexity index is 482. The molecule has 2 atom stereocenters. The lowest BCUT2D eigenvalue weighted by atomic mass is 9.98. The molecule has 0 aliphatic heterocycles. The molecule has 0 heterocycles. The number of anilines is 1. The van der Waals surface area contributed by atoms with E-state index in [-0.39, 0.29) is 24.1 Å². The van der Waals surface area contributed by atoms with Crippen molar-refractivity contribution >= 4 is 11.6 Å². The van der Waals surface area contributed by atoms with Gasteiger partial charge in [0.1, 0.15) is 0 Å². The number of aliphatic hydroxyl groups excluding tert-OH is 1. The number of carbonyl (C=O) groups excluding carboxylic acids is 1. The molecule has 0 aromatic heterocycles. The van der Waals surface area contributed by atoms with Crippen molar-refractivity contribution in [3.63, 3.8) is 0 Å². The summed E-state index contributed by atoms with van der Waals surface area (Å²) in [6, 6.07) is 5.99. The number of aliphatic hydroxyl groups is 1. The zero-order valence-corrected chi connectivity index (χ0v) is 13.8. The predicted molar refractivity (Wildman–Crippen MR) is 87.5 cm³/mol. The predicted octanol–water partition coefficient (Wildman–Crippen LogP) is 2.77. The van der Waals surface area contributed by atoms with Crippen LogP contribution in [0.3, 0.4) is 0 Å². The monoisotopic (exact) mass is 292 g/mol. The van der Waals surface area contributed by atoms with Crippen LogP contribution in [0.5, 0.6) is 0 Å². The Morgan fingerprint density at radius 2 is 2.05 bits per heavy atom. The van der Waals surface area contributed by atoms with Crippen molar-refractivity contribution in [2.45, 2.75) is 59.0 Å². The standard InChI is InChI=1S/C17H28N2O2/c1-6-17(5,11-20)19-14(4)10-16(21)18-15-8-7-12(2)9-13(15)3/h7-9,14,19-20H,6,10-11H2,1-5H3,(H,18,21). The Kier molecular flexibility index (Phi) is 6.37. The van der Waals surface area contributed by atoms with Gasteiger partial charge < -0.3 is 15.7 Å². The molecule has 1 amide bonds. The third-order valence-electron chi connectivity index (χ3n) is 3.87. The zero-order chi connectivity index (χ0) is 16.0. The molecule has 0 aliphatic rings. The summed E-state index contributed by atoms with van der Waals surface area (Å²) < 4.78 is 0. The first-order chi connectivity index (χ1) is 9.79. The van der Waals surface area contributed by atoms with Crippen LogP contribution in [-0.2, 0) is 4.79 Å². The largest absolute Gasteiger partial charge is 0.394 e. The van der Waals surface area contributed by atoms with Crippen LogP contribution in [0.25, 0.3) is 0 Å². The molecule has 0 fully saturated rings. The quantitative estimate of drug-likeness (QED) is 0.724. The molecule has 0 saturated heterocycles. The van der Waals surface area contributed by atoms with Crippen molar-refractivity contribution < 1.29 is 9.90 Å². The number of benzene rings is 1. The minimum atomic E-state index is -0.334. The molecule has 118 valence electrons. The van der Waals surface area contributed by atoms with E-state index in [2.05, 4.69) is 16.7 Å². The molecule has 1 aromatic rings. The summed E-state index contributed by atoms with van der Waals surface area (Å²) in [5.74, 6) is -0.0154. The highest BCUT2D eigenvalue weighted by atomic mass is 16.3. The smallest absolute Gasteiger partial charge is 0.225 e. The second-order valence-corrected chi connectivity index (χ2v) is 6.19. The first-order valence-corrected chi connectivity index (χ1v) is 7.55. The fraction of sp³-hybridized carbons (Fsp3) is 0.588. The second-order valence-electron chi connectivity index (χ2n) is 6.19. The van der Waals surface area contributed by atoms with Gasteiger partial charge in [-0.05, 0) is 45.7 Å². The maximum atomic E-state index is 12.1. The van der Waals surface area contributed by atoms with Crippen LogP contribution in [0.1, 0.15) is 44.7 Å². The van der Waals surface area contributed by atoms with Crippen molar-refractivity contribution in [1.29, 1.82) is 0 Å². The zero-order valence-electron chi connectivity index (χ0n) is 13.8. The van der Waals surface area contributed by atoms with Gasteiger partial charge in [0.15, 0.2) is 0 Å². The molecule has 4 heteroatoms. The fourth-order valence-electron chi connectivity index (χ4n) is 2.34. The summed E-state index contributed by atoms with van der Waals surface area (Å²) in [4.78, 5) is 12.1. The molecular formula is C17H28N2O2. The Morgan fingerprint density at radius 1 is 1.38 bits per heavy atom. The molecule has 1 aromatic carbocycles. The van der Waals surface area contributed by atoms with E-state index in [9.17, 15) is 9.90 Å². The third-order valence-corrected chi connectivity index (χ3v) is 3.87. The van der Waals surface area contributed by atoms with Crippen LogP contribution in [0.2, 0.25) is 0 Å². The molecule has 3 N–H and O–H groups in total. The number of hydrogen-bond donors (Lipinski definition) is 3. The SMILES string of the molecule is CCC(C)(CO)NC(C)CC(=O)Nc1ccc(C)cc1C. The van der Waals surface area contributed by atoms with Gasteiger partial charge in [-0.25, -0.2) is 0 Å². The minimum absolute atomic E-state index is 0.00727. The van der Waals surface area contributed by atoms with E-state index >= 15 is 0 Å². The normalized spacial score (nSPS) is 15.3. The average Bonchev–Trinajstić information content (AvgIpc) is 2.41. The van der Waals surface area contributed by atoms with Crippen molar-refractivity contribution in [3.05, 3.63) is 29.3 Å². The number of amides is 1. The summed E-state index contributed by atoms with van der Waals surface area (Å²) in [6.07, 6.45) is 1.19. The molecule has 2 unspecified atom stereocenters. The lowest BCUT2D eigenvalue weighted by molar-refractivity contribution is -0.116. The van der Waals surface area contributed by atoms with Crippen LogP contribution in [0.15, 0.2) is 18.2 Å². The number of rotatable bonds is 7. The van der Waals surface area contributed by atoms with E-state index < -0.39 is 0 Å². The lowest BCUT2D eigenvalue weighted by Gasteiger charge is -2.31. The molecule has 0 radical (unpaired) electrons. The number of aryl methyl sites for hydroxylation is 2. The Balaban J connectivity index is 2.57. The Morgan fingerprint density at radius 3 is 2.57 bits per heavy atom. The first-order valence-electron chi connectivity index (χ1n) is 7.55.